The van der Waals surface area contributed by atoms with Gasteiger partial charge in [-0.2, -0.15) is 17.0 Å². The summed E-state index contributed by atoms with van der Waals surface area (Å²) in [6, 6.07) is 0. The minimum absolute atomic E-state index is 0.0323. The lowest BCUT2D eigenvalue weighted by Crippen LogP contribution is -2.54. The quantitative estimate of drug-likeness (QED) is 0.750. The number of aliphatic carboxylic acids is 1. The highest BCUT2D eigenvalue weighted by molar-refractivity contribution is 7.86. The highest BCUT2D eigenvalue weighted by atomic mass is 32.2. The van der Waals surface area contributed by atoms with E-state index in [0.29, 0.717) is 13.2 Å². The Hall–Kier alpha value is -0.700. The normalized spacial score (nSPS) is 21.1. The Morgan fingerprint density at radius 1 is 1.50 bits per heavy atom. The molecule has 0 atom stereocenters. The zero-order valence-electron chi connectivity index (χ0n) is 10.9. The number of ether oxygens (including phenoxy) is 1. The minimum Gasteiger partial charge on any atom is -0.481 e. The number of hydrogen-bond donors (Lipinski definition) is 1. The predicted molar refractivity (Wildman–Crippen MR) is 65.4 cm³/mol. The van der Waals surface area contributed by atoms with Gasteiger partial charge in [0.2, 0.25) is 0 Å². The van der Waals surface area contributed by atoms with Crippen LogP contribution in [-0.4, -0.2) is 67.0 Å². The molecule has 0 unspecified atom stereocenters. The van der Waals surface area contributed by atoms with E-state index in [2.05, 4.69) is 0 Å². The topological polar surface area (TPSA) is 87.2 Å². The first-order valence-corrected chi connectivity index (χ1v) is 7.12. The van der Waals surface area contributed by atoms with Gasteiger partial charge in [-0.05, 0) is 13.8 Å². The van der Waals surface area contributed by atoms with E-state index in [0.717, 1.165) is 4.31 Å². The van der Waals surface area contributed by atoms with Crippen molar-refractivity contribution < 1.29 is 23.1 Å². The lowest BCUT2D eigenvalue weighted by Gasteiger charge is -2.38. The van der Waals surface area contributed by atoms with E-state index < -0.39 is 21.8 Å². The summed E-state index contributed by atoms with van der Waals surface area (Å²) in [5.74, 6) is -1.01. The molecule has 1 heterocycles. The summed E-state index contributed by atoms with van der Waals surface area (Å²) in [5, 5.41) is 8.57. The number of nitrogens with zero attached hydrogens (tertiary/aromatic N) is 2. The van der Waals surface area contributed by atoms with E-state index in [1.165, 1.54) is 11.4 Å². The maximum absolute atomic E-state index is 12.2. The van der Waals surface area contributed by atoms with E-state index in [-0.39, 0.29) is 19.5 Å². The van der Waals surface area contributed by atoms with Gasteiger partial charge in [0.05, 0.1) is 18.6 Å². The van der Waals surface area contributed by atoms with Crippen molar-refractivity contribution in [3.63, 3.8) is 0 Å². The minimum atomic E-state index is -3.61. The summed E-state index contributed by atoms with van der Waals surface area (Å²) in [5.41, 5.74) is -0.515. The summed E-state index contributed by atoms with van der Waals surface area (Å²) in [7, 11) is -2.22. The van der Waals surface area contributed by atoms with Crippen LogP contribution in [0.1, 0.15) is 20.3 Å². The second-order valence-electron chi connectivity index (χ2n) is 4.91. The average molecular weight is 280 g/mol. The zero-order valence-corrected chi connectivity index (χ0v) is 11.7. The molecule has 1 aliphatic heterocycles. The van der Waals surface area contributed by atoms with Crippen molar-refractivity contribution >= 4 is 16.2 Å². The number of carboxylic acid groups (broad SMARTS) is 1. The Morgan fingerprint density at radius 2 is 2.11 bits per heavy atom. The first-order valence-electron chi connectivity index (χ1n) is 5.72. The van der Waals surface area contributed by atoms with Crippen LogP contribution in [0.2, 0.25) is 0 Å². The summed E-state index contributed by atoms with van der Waals surface area (Å²) in [6.07, 6.45) is -0.205. The van der Waals surface area contributed by atoms with Gasteiger partial charge in [-0.1, -0.05) is 0 Å². The van der Waals surface area contributed by atoms with Crippen LogP contribution in [0.5, 0.6) is 0 Å². The standard InChI is InChI=1S/C10H20N2O5S/c1-10(2)8-12(6-7-17-10)18(15,16)11(3)5-4-9(13)14/h4-8H2,1-3H3,(H,13,14). The number of morpholine rings is 1. The van der Waals surface area contributed by atoms with Crippen LogP contribution in [-0.2, 0) is 19.7 Å². The molecule has 0 aromatic carbocycles. The maximum Gasteiger partial charge on any atom is 0.304 e. The van der Waals surface area contributed by atoms with Crippen LogP contribution in [0.3, 0.4) is 0 Å². The van der Waals surface area contributed by atoms with Gasteiger partial charge in [0.25, 0.3) is 10.2 Å². The van der Waals surface area contributed by atoms with Gasteiger partial charge in [-0.25, -0.2) is 0 Å². The molecule has 1 fully saturated rings. The molecule has 8 heteroatoms. The summed E-state index contributed by atoms with van der Waals surface area (Å²) >= 11 is 0. The summed E-state index contributed by atoms with van der Waals surface area (Å²) < 4.78 is 32.2. The molecule has 1 aliphatic rings. The SMILES string of the molecule is CN(CCC(=O)O)S(=O)(=O)N1CCOC(C)(C)C1. The first kappa shape index (κ1) is 15.4. The van der Waals surface area contributed by atoms with Crippen molar-refractivity contribution in [2.75, 3.05) is 33.3 Å². The molecule has 0 amide bonds. The molecule has 0 aromatic heterocycles. The van der Waals surface area contributed by atoms with Crippen molar-refractivity contribution in [3.8, 4) is 0 Å². The molecule has 0 radical (unpaired) electrons. The highest BCUT2D eigenvalue weighted by Crippen LogP contribution is 2.20. The van der Waals surface area contributed by atoms with E-state index in [9.17, 15) is 13.2 Å². The second-order valence-corrected chi connectivity index (χ2v) is 6.95. The van der Waals surface area contributed by atoms with Crippen LogP contribution in [0.4, 0.5) is 0 Å². The number of carboxylic acids is 1. The van der Waals surface area contributed by atoms with Gasteiger partial charge in [-0.15, -0.1) is 0 Å². The molecule has 0 bridgehead atoms. The van der Waals surface area contributed by atoms with Crippen molar-refractivity contribution in [3.05, 3.63) is 0 Å². The third-order valence-electron chi connectivity index (χ3n) is 2.75. The van der Waals surface area contributed by atoms with Crippen LogP contribution in [0.15, 0.2) is 0 Å². The summed E-state index contributed by atoms with van der Waals surface area (Å²) in [6.45, 7) is 4.53. The molecular formula is C10H20N2O5S. The van der Waals surface area contributed by atoms with Crippen LogP contribution in [0.25, 0.3) is 0 Å². The number of carbonyl (C=O) groups is 1. The molecule has 0 aliphatic carbocycles. The van der Waals surface area contributed by atoms with E-state index in [4.69, 9.17) is 9.84 Å². The predicted octanol–water partition coefficient (Wildman–Crippen LogP) is -0.251. The van der Waals surface area contributed by atoms with Gasteiger partial charge < -0.3 is 9.84 Å². The lowest BCUT2D eigenvalue weighted by molar-refractivity contribution is -0.137. The Labute approximate surface area is 108 Å². The fraction of sp³-hybridized carbons (Fsp3) is 0.900. The Balaban J connectivity index is 2.70. The molecule has 0 aromatic rings. The molecule has 1 rings (SSSR count). The van der Waals surface area contributed by atoms with Crippen LogP contribution >= 0.6 is 0 Å². The van der Waals surface area contributed by atoms with Gasteiger partial charge >= 0.3 is 5.97 Å². The largest absolute Gasteiger partial charge is 0.481 e. The first-order chi connectivity index (χ1) is 8.15. The second kappa shape index (κ2) is 5.52. The maximum atomic E-state index is 12.2. The van der Waals surface area contributed by atoms with Crippen LogP contribution < -0.4 is 0 Å². The monoisotopic (exact) mass is 280 g/mol. The highest BCUT2D eigenvalue weighted by Gasteiger charge is 2.36. The fourth-order valence-electron chi connectivity index (χ4n) is 1.74. The number of rotatable bonds is 5. The fourth-order valence-corrected chi connectivity index (χ4v) is 3.23. The zero-order chi connectivity index (χ0) is 14.0. The molecule has 0 spiro atoms. The number of hydrogen-bond acceptors (Lipinski definition) is 4. The van der Waals surface area contributed by atoms with E-state index in [1.54, 1.807) is 0 Å². The lowest BCUT2D eigenvalue weighted by atomic mass is 10.1. The average Bonchev–Trinajstić information content (AvgIpc) is 2.24. The molecule has 1 saturated heterocycles. The summed E-state index contributed by atoms with van der Waals surface area (Å²) in [4.78, 5) is 10.5. The van der Waals surface area contributed by atoms with Crippen molar-refractivity contribution in [1.82, 2.24) is 8.61 Å². The third kappa shape index (κ3) is 3.91. The van der Waals surface area contributed by atoms with Gasteiger partial charge in [0.1, 0.15) is 0 Å². The Morgan fingerprint density at radius 3 is 2.61 bits per heavy atom. The molecule has 1 N–H and O–H groups in total. The molecule has 18 heavy (non-hydrogen) atoms. The Kier molecular flexibility index (Phi) is 4.71. The molecule has 7 nitrogen and oxygen atoms in total. The van der Waals surface area contributed by atoms with E-state index in [1.807, 2.05) is 13.8 Å². The van der Waals surface area contributed by atoms with E-state index >= 15 is 0 Å². The van der Waals surface area contributed by atoms with Crippen molar-refractivity contribution in [2.24, 2.45) is 0 Å². The van der Waals surface area contributed by atoms with Gasteiger partial charge in [-0.3, -0.25) is 4.79 Å². The molecule has 0 saturated carbocycles. The third-order valence-corrected chi connectivity index (χ3v) is 4.69. The van der Waals surface area contributed by atoms with Gasteiger partial charge in [0, 0.05) is 26.7 Å². The van der Waals surface area contributed by atoms with Crippen molar-refractivity contribution in [2.45, 2.75) is 25.9 Å². The Bertz CT molecular complexity index is 406. The molecular weight excluding hydrogens is 260 g/mol. The smallest absolute Gasteiger partial charge is 0.304 e. The van der Waals surface area contributed by atoms with Gasteiger partial charge in [0.15, 0.2) is 0 Å². The van der Waals surface area contributed by atoms with Crippen LogP contribution in [0, 0.1) is 0 Å². The van der Waals surface area contributed by atoms with Crippen molar-refractivity contribution in [1.29, 1.82) is 0 Å². The molecule has 106 valence electrons.